The van der Waals surface area contributed by atoms with E-state index in [9.17, 15) is 14.4 Å². The molecule has 0 radical (unpaired) electrons. The molecule has 0 aliphatic heterocycles. The number of hydrogen-bond acceptors (Lipinski definition) is 3. The summed E-state index contributed by atoms with van der Waals surface area (Å²) in [6.45, 7) is 1.75. The van der Waals surface area contributed by atoms with Crippen LogP contribution in [0.3, 0.4) is 0 Å². The largest absolute Gasteiger partial charge is 0.348 e. The van der Waals surface area contributed by atoms with E-state index in [1.807, 2.05) is 61.5 Å². The predicted molar refractivity (Wildman–Crippen MR) is 116 cm³/mol. The summed E-state index contributed by atoms with van der Waals surface area (Å²) in [5, 5.41) is 7.66. The molecule has 4 aromatic rings. The van der Waals surface area contributed by atoms with Gasteiger partial charge in [0, 0.05) is 0 Å². The van der Waals surface area contributed by atoms with Gasteiger partial charge in [-0.25, -0.2) is 4.79 Å². The summed E-state index contributed by atoms with van der Waals surface area (Å²) >= 11 is 0. The molecule has 1 heterocycles. The number of aromatic nitrogens is 2. The van der Waals surface area contributed by atoms with Gasteiger partial charge in [0.05, 0.1) is 30.0 Å². The van der Waals surface area contributed by atoms with Crippen LogP contribution in [-0.4, -0.2) is 28.3 Å². The lowest BCUT2D eigenvalue weighted by molar-refractivity contribution is -0.126. The zero-order valence-electron chi connectivity index (χ0n) is 16.5. The molecule has 3 aromatic carbocycles. The van der Waals surface area contributed by atoms with Gasteiger partial charge >= 0.3 is 5.69 Å². The van der Waals surface area contributed by atoms with Crippen LogP contribution >= 0.6 is 0 Å². The maximum absolute atomic E-state index is 12.3. The van der Waals surface area contributed by atoms with Gasteiger partial charge in [0.1, 0.15) is 0 Å². The number of H-pyrrole nitrogens is 2. The van der Waals surface area contributed by atoms with E-state index >= 15 is 0 Å². The van der Waals surface area contributed by atoms with Crippen molar-refractivity contribution in [1.82, 2.24) is 20.6 Å². The highest BCUT2D eigenvalue weighted by atomic mass is 16.2. The first-order chi connectivity index (χ1) is 14.5. The average Bonchev–Trinajstić information content (AvgIpc) is 3.11. The van der Waals surface area contributed by atoms with Crippen LogP contribution in [0.1, 0.15) is 24.1 Å². The number of aromatic amines is 2. The van der Waals surface area contributed by atoms with E-state index in [1.54, 1.807) is 6.07 Å². The Labute approximate surface area is 172 Å². The summed E-state index contributed by atoms with van der Waals surface area (Å²) in [5.41, 5.74) is 2.90. The number of carbonyl (C=O) groups excluding carboxylic acids is 2. The molecular formula is C23H22N4O3. The first-order valence-electron chi connectivity index (χ1n) is 9.74. The Morgan fingerprint density at radius 2 is 1.70 bits per heavy atom. The Morgan fingerprint density at radius 1 is 0.933 bits per heavy atom. The Bertz CT molecular complexity index is 1280. The minimum absolute atomic E-state index is 0.100. The third-order valence-electron chi connectivity index (χ3n) is 5.09. The third kappa shape index (κ3) is 4.25. The van der Waals surface area contributed by atoms with Crippen LogP contribution < -0.4 is 16.3 Å². The van der Waals surface area contributed by atoms with E-state index in [2.05, 4.69) is 20.6 Å². The van der Waals surface area contributed by atoms with Crippen LogP contribution in [0.2, 0.25) is 0 Å². The van der Waals surface area contributed by atoms with Crippen molar-refractivity contribution in [1.29, 1.82) is 0 Å². The van der Waals surface area contributed by atoms with Crippen molar-refractivity contribution < 1.29 is 9.59 Å². The predicted octanol–water partition coefficient (Wildman–Crippen LogP) is 2.55. The van der Waals surface area contributed by atoms with Crippen molar-refractivity contribution in [3.05, 3.63) is 82.3 Å². The lowest BCUT2D eigenvalue weighted by atomic mass is 10.0. The van der Waals surface area contributed by atoms with Gasteiger partial charge in [0.25, 0.3) is 0 Å². The summed E-state index contributed by atoms with van der Waals surface area (Å²) < 4.78 is 0. The van der Waals surface area contributed by atoms with E-state index in [-0.39, 0.29) is 36.5 Å². The SMILES string of the molecule is C[C@H](NC(=O)CNC(=O)Cc1cccc2ccccc12)c1ccc2[nH]c(=O)[nH]c2c1. The van der Waals surface area contributed by atoms with E-state index in [1.165, 1.54) is 0 Å². The highest BCUT2D eigenvalue weighted by molar-refractivity contribution is 5.91. The van der Waals surface area contributed by atoms with E-state index < -0.39 is 0 Å². The number of carbonyl (C=O) groups is 2. The van der Waals surface area contributed by atoms with E-state index in [0.29, 0.717) is 11.0 Å². The zero-order valence-corrected chi connectivity index (χ0v) is 16.5. The second-order valence-corrected chi connectivity index (χ2v) is 7.27. The molecule has 2 amide bonds. The van der Waals surface area contributed by atoms with Crippen molar-refractivity contribution in [2.24, 2.45) is 0 Å². The van der Waals surface area contributed by atoms with Gasteiger partial charge in [-0.15, -0.1) is 0 Å². The van der Waals surface area contributed by atoms with Crippen molar-refractivity contribution in [3.63, 3.8) is 0 Å². The van der Waals surface area contributed by atoms with Gasteiger partial charge in [0.15, 0.2) is 0 Å². The van der Waals surface area contributed by atoms with Crippen molar-refractivity contribution in [3.8, 4) is 0 Å². The number of hydrogen-bond donors (Lipinski definition) is 4. The summed E-state index contributed by atoms with van der Waals surface area (Å²) in [5.74, 6) is -0.489. The molecule has 0 saturated carbocycles. The van der Waals surface area contributed by atoms with Crippen molar-refractivity contribution in [2.45, 2.75) is 19.4 Å². The Balaban J connectivity index is 1.33. The highest BCUT2D eigenvalue weighted by Gasteiger charge is 2.13. The van der Waals surface area contributed by atoms with Crippen LogP contribution in [0.25, 0.3) is 21.8 Å². The number of nitrogens with one attached hydrogen (secondary N) is 4. The van der Waals surface area contributed by atoms with Gasteiger partial charge in [-0.3, -0.25) is 9.59 Å². The van der Waals surface area contributed by atoms with Crippen molar-refractivity contribution >= 4 is 33.6 Å². The van der Waals surface area contributed by atoms with Crippen LogP contribution in [-0.2, 0) is 16.0 Å². The maximum Gasteiger partial charge on any atom is 0.323 e. The molecule has 0 fully saturated rings. The minimum Gasteiger partial charge on any atom is -0.348 e. The monoisotopic (exact) mass is 402 g/mol. The zero-order chi connectivity index (χ0) is 21.1. The van der Waals surface area contributed by atoms with E-state index in [4.69, 9.17) is 0 Å². The quantitative estimate of drug-likeness (QED) is 0.398. The molecule has 4 rings (SSSR count). The number of benzene rings is 3. The summed E-state index contributed by atoms with van der Waals surface area (Å²) in [6.07, 6.45) is 0.210. The fraction of sp³-hybridized carbons (Fsp3) is 0.174. The Hall–Kier alpha value is -3.87. The lowest BCUT2D eigenvalue weighted by Crippen LogP contribution is -2.38. The van der Waals surface area contributed by atoms with Crippen LogP contribution in [0, 0.1) is 0 Å². The molecular weight excluding hydrogens is 380 g/mol. The topological polar surface area (TPSA) is 107 Å². The fourth-order valence-corrected chi connectivity index (χ4v) is 3.56. The molecule has 0 aliphatic rings. The first kappa shape index (κ1) is 19.4. The highest BCUT2D eigenvalue weighted by Crippen LogP contribution is 2.19. The number of imidazole rings is 1. The average molecular weight is 402 g/mol. The Kier molecular flexibility index (Phi) is 5.34. The molecule has 0 saturated heterocycles. The van der Waals surface area contributed by atoms with Crippen molar-refractivity contribution in [2.75, 3.05) is 6.54 Å². The standard InChI is InChI=1S/C23H22N4O3/c1-14(16-9-10-19-20(11-16)27-23(30)26-19)25-22(29)13-24-21(28)12-17-7-4-6-15-5-2-3-8-18(15)17/h2-11,14H,12-13H2,1H3,(H,24,28)(H,25,29)(H2,26,27,30)/t14-/m0/s1. The molecule has 1 atom stereocenters. The maximum atomic E-state index is 12.3. The molecule has 0 bridgehead atoms. The smallest absolute Gasteiger partial charge is 0.323 e. The lowest BCUT2D eigenvalue weighted by Gasteiger charge is -2.15. The summed E-state index contributed by atoms with van der Waals surface area (Å²) in [6, 6.07) is 18.9. The molecule has 1 aromatic heterocycles. The van der Waals surface area contributed by atoms with E-state index in [0.717, 1.165) is 21.9 Å². The molecule has 152 valence electrons. The summed E-state index contributed by atoms with van der Waals surface area (Å²) in [4.78, 5) is 41.4. The summed E-state index contributed by atoms with van der Waals surface area (Å²) in [7, 11) is 0. The molecule has 0 unspecified atom stereocenters. The fourth-order valence-electron chi connectivity index (χ4n) is 3.56. The number of fused-ring (bicyclic) bond motifs is 2. The van der Waals surface area contributed by atoms with Gasteiger partial charge in [-0.05, 0) is 41.0 Å². The first-order valence-corrected chi connectivity index (χ1v) is 9.74. The molecule has 7 nitrogen and oxygen atoms in total. The Morgan fingerprint density at radius 3 is 2.57 bits per heavy atom. The minimum atomic E-state index is -0.281. The van der Waals surface area contributed by atoms with Gasteiger partial charge in [-0.1, -0.05) is 48.5 Å². The molecule has 7 heteroatoms. The van der Waals surface area contributed by atoms with Gasteiger partial charge in [0.2, 0.25) is 11.8 Å². The second-order valence-electron chi connectivity index (χ2n) is 7.27. The molecule has 4 N–H and O–H groups in total. The van der Waals surface area contributed by atoms with Crippen LogP contribution in [0.4, 0.5) is 0 Å². The number of amides is 2. The van der Waals surface area contributed by atoms with Gasteiger partial charge in [-0.2, -0.15) is 0 Å². The molecule has 30 heavy (non-hydrogen) atoms. The van der Waals surface area contributed by atoms with Crippen LogP contribution in [0.15, 0.2) is 65.5 Å². The molecule has 0 aliphatic carbocycles. The van der Waals surface area contributed by atoms with Gasteiger partial charge < -0.3 is 20.6 Å². The van der Waals surface area contributed by atoms with Crippen LogP contribution in [0.5, 0.6) is 0 Å². The third-order valence-corrected chi connectivity index (χ3v) is 5.09. The normalized spacial score (nSPS) is 12.0. The second kappa shape index (κ2) is 8.24. The number of rotatable bonds is 6. The molecule has 0 spiro atoms.